The number of hydrogen-bond donors (Lipinski definition) is 3. The van der Waals surface area contributed by atoms with Crippen molar-refractivity contribution in [2.45, 2.75) is 39.2 Å². The number of hydrogen-bond acceptors (Lipinski definition) is 3. The maximum Gasteiger partial charge on any atom is 0.326 e. The number of rotatable bonds is 7. The van der Waals surface area contributed by atoms with Gasteiger partial charge < -0.3 is 16.2 Å². The van der Waals surface area contributed by atoms with Gasteiger partial charge in [-0.15, -0.1) is 0 Å². The molecule has 0 rings (SSSR count). The van der Waals surface area contributed by atoms with E-state index < -0.39 is 12.0 Å². The van der Waals surface area contributed by atoms with E-state index in [0.29, 0.717) is 31.7 Å². The molecule has 0 aromatic heterocycles. The molecule has 0 heterocycles. The number of nitrogens with one attached hydrogen (secondary N) is 1. The van der Waals surface area contributed by atoms with E-state index >= 15 is 0 Å². The fourth-order valence-electron chi connectivity index (χ4n) is 1.10. The first kappa shape index (κ1) is 13.9. The minimum absolute atomic E-state index is 0.218. The first-order valence-electron chi connectivity index (χ1n) is 5.23. The fraction of sp³-hybridized carbons (Fsp3) is 0.800. The number of carbonyl (C=O) groups excluding carboxylic acids is 1. The quantitative estimate of drug-likeness (QED) is 0.572. The fourth-order valence-corrected chi connectivity index (χ4v) is 1.10. The molecule has 0 saturated carbocycles. The summed E-state index contributed by atoms with van der Waals surface area (Å²) >= 11 is 0. The van der Waals surface area contributed by atoms with E-state index in [4.69, 9.17) is 10.8 Å². The average Bonchev–Trinajstić information content (AvgIpc) is 2.21. The Bertz CT molecular complexity index is 219. The van der Waals surface area contributed by atoms with E-state index in [1.807, 2.05) is 6.92 Å². The van der Waals surface area contributed by atoms with Crippen LogP contribution in [-0.2, 0) is 9.59 Å². The van der Waals surface area contributed by atoms with Gasteiger partial charge in [0.2, 0.25) is 5.91 Å². The Labute approximate surface area is 90.0 Å². The van der Waals surface area contributed by atoms with Gasteiger partial charge in [0.1, 0.15) is 6.04 Å². The normalized spacial score (nSPS) is 14.3. The Morgan fingerprint density at radius 3 is 2.47 bits per heavy atom. The molecule has 0 bridgehead atoms. The highest BCUT2D eigenvalue weighted by atomic mass is 16.4. The summed E-state index contributed by atoms with van der Waals surface area (Å²) in [6.07, 6.45) is 1.42. The molecule has 1 unspecified atom stereocenters. The first-order chi connectivity index (χ1) is 7.01. The second-order valence-electron chi connectivity index (χ2n) is 3.75. The predicted molar refractivity (Wildman–Crippen MR) is 57.3 cm³/mol. The molecule has 15 heavy (non-hydrogen) atoms. The number of aliphatic carboxylic acids is 1. The van der Waals surface area contributed by atoms with Gasteiger partial charge in [0.05, 0.1) is 0 Å². The van der Waals surface area contributed by atoms with Crippen molar-refractivity contribution in [2.24, 2.45) is 11.7 Å². The van der Waals surface area contributed by atoms with Gasteiger partial charge in [-0.3, -0.25) is 4.79 Å². The van der Waals surface area contributed by atoms with Gasteiger partial charge in [0, 0.05) is 6.42 Å². The van der Waals surface area contributed by atoms with Crippen LogP contribution < -0.4 is 11.1 Å². The van der Waals surface area contributed by atoms with Crippen LogP contribution in [-0.4, -0.2) is 29.6 Å². The summed E-state index contributed by atoms with van der Waals surface area (Å²) in [5.74, 6) is -0.914. The molecule has 1 amide bonds. The van der Waals surface area contributed by atoms with Gasteiger partial charge in [-0.05, 0) is 25.3 Å². The molecule has 0 radical (unpaired) electrons. The summed E-state index contributed by atoms with van der Waals surface area (Å²) in [4.78, 5) is 21.9. The molecular formula is C10H20N2O3. The van der Waals surface area contributed by atoms with Crippen molar-refractivity contribution in [3.05, 3.63) is 0 Å². The summed E-state index contributed by atoms with van der Waals surface area (Å²) in [5, 5.41) is 11.2. The number of carboxylic acid groups (broad SMARTS) is 1. The third-order valence-corrected chi connectivity index (χ3v) is 2.31. The second-order valence-corrected chi connectivity index (χ2v) is 3.75. The molecule has 0 aliphatic rings. The molecule has 0 aliphatic carbocycles. The number of amides is 1. The van der Waals surface area contributed by atoms with E-state index in [9.17, 15) is 9.59 Å². The lowest BCUT2D eigenvalue weighted by molar-refractivity contribution is -0.141. The summed E-state index contributed by atoms with van der Waals surface area (Å²) < 4.78 is 0. The first-order valence-corrected chi connectivity index (χ1v) is 5.23. The maximum atomic E-state index is 11.3. The monoisotopic (exact) mass is 216 g/mol. The minimum Gasteiger partial charge on any atom is -0.480 e. The van der Waals surface area contributed by atoms with Crippen LogP contribution in [0.15, 0.2) is 0 Å². The van der Waals surface area contributed by atoms with E-state index in [1.54, 1.807) is 6.92 Å². The van der Waals surface area contributed by atoms with Crippen LogP contribution in [0.1, 0.15) is 33.1 Å². The van der Waals surface area contributed by atoms with Gasteiger partial charge in [-0.2, -0.15) is 0 Å². The molecular weight excluding hydrogens is 196 g/mol. The molecule has 88 valence electrons. The van der Waals surface area contributed by atoms with Crippen molar-refractivity contribution < 1.29 is 14.7 Å². The largest absolute Gasteiger partial charge is 0.480 e. The zero-order valence-corrected chi connectivity index (χ0v) is 9.32. The van der Waals surface area contributed by atoms with Gasteiger partial charge in [-0.25, -0.2) is 4.79 Å². The SMILES string of the molecule is CC[C@H](NC(=O)CCC(C)CN)C(=O)O. The van der Waals surface area contributed by atoms with Crippen LogP contribution in [0, 0.1) is 5.92 Å². The number of nitrogens with two attached hydrogens (primary N) is 1. The molecule has 0 fully saturated rings. The molecule has 0 saturated heterocycles. The van der Waals surface area contributed by atoms with Crippen molar-refractivity contribution in [3.63, 3.8) is 0 Å². The van der Waals surface area contributed by atoms with Crippen molar-refractivity contribution in [2.75, 3.05) is 6.54 Å². The second kappa shape index (κ2) is 7.23. The van der Waals surface area contributed by atoms with Crippen LogP contribution in [0.2, 0.25) is 0 Å². The number of carboxylic acids is 1. The third kappa shape index (κ3) is 6.06. The van der Waals surface area contributed by atoms with Crippen LogP contribution in [0.25, 0.3) is 0 Å². The van der Waals surface area contributed by atoms with Gasteiger partial charge in [0.15, 0.2) is 0 Å². The Morgan fingerprint density at radius 2 is 2.07 bits per heavy atom. The predicted octanol–water partition coefficient (Wildman–Crippen LogP) is 0.341. The Kier molecular flexibility index (Phi) is 6.70. The molecule has 5 nitrogen and oxygen atoms in total. The van der Waals surface area contributed by atoms with Crippen LogP contribution in [0.5, 0.6) is 0 Å². The van der Waals surface area contributed by atoms with Crippen LogP contribution >= 0.6 is 0 Å². The standard InChI is InChI=1S/C10H20N2O3/c1-3-8(10(14)15)12-9(13)5-4-7(2)6-11/h7-8H,3-6,11H2,1-2H3,(H,12,13)(H,14,15)/t7?,8-/m0/s1. The Balaban J connectivity index is 3.86. The maximum absolute atomic E-state index is 11.3. The number of carbonyl (C=O) groups is 2. The summed E-state index contributed by atoms with van der Waals surface area (Å²) in [6.45, 7) is 4.23. The van der Waals surface area contributed by atoms with E-state index in [1.165, 1.54) is 0 Å². The van der Waals surface area contributed by atoms with Gasteiger partial charge in [-0.1, -0.05) is 13.8 Å². The summed E-state index contributed by atoms with van der Waals surface area (Å²) in [6, 6.07) is -0.773. The van der Waals surface area contributed by atoms with Crippen LogP contribution in [0.4, 0.5) is 0 Å². The van der Waals surface area contributed by atoms with Gasteiger partial charge in [0.25, 0.3) is 0 Å². The molecule has 0 aromatic carbocycles. The summed E-state index contributed by atoms with van der Waals surface area (Å²) in [7, 11) is 0. The molecule has 5 heteroatoms. The molecule has 2 atom stereocenters. The lowest BCUT2D eigenvalue weighted by Gasteiger charge is -2.13. The zero-order chi connectivity index (χ0) is 11.8. The van der Waals surface area contributed by atoms with E-state index in [-0.39, 0.29) is 5.91 Å². The molecule has 0 aromatic rings. The van der Waals surface area contributed by atoms with Crippen molar-refractivity contribution >= 4 is 11.9 Å². The third-order valence-electron chi connectivity index (χ3n) is 2.31. The van der Waals surface area contributed by atoms with Crippen LogP contribution in [0.3, 0.4) is 0 Å². The zero-order valence-electron chi connectivity index (χ0n) is 9.32. The Hall–Kier alpha value is -1.10. The molecule has 0 aliphatic heterocycles. The smallest absolute Gasteiger partial charge is 0.326 e. The Morgan fingerprint density at radius 1 is 1.47 bits per heavy atom. The average molecular weight is 216 g/mol. The molecule has 4 N–H and O–H groups in total. The minimum atomic E-state index is -0.988. The highest BCUT2D eigenvalue weighted by molar-refractivity contribution is 5.83. The van der Waals surface area contributed by atoms with E-state index in [0.717, 1.165) is 0 Å². The van der Waals surface area contributed by atoms with E-state index in [2.05, 4.69) is 5.32 Å². The highest BCUT2D eigenvalue weighted by Gasteiger charge is 2.17. The summed E-state index contributed by atoms with van der Waals surface area (Å²) in [5.41, 5.74) is 5.41. The van der Waals surface area contributed by atoms with Crippen molar-refractivity contribution in [1.82, 2.24) is 5.32 Å². The highest BCUT2D eigenvalue weighted by Crippen LogP contribution is 2.03. The molecule has 0 spiro atoms. The lowest BCUT2D eigenvalue weighted by Crippen LogP contribution is -2.40. The topological polar surface area (TPSA) is 92.4 Å². The van der Waals surface area contributed by atoms with Gasteiger partial charge >= 0.3 is 5.97 Å². The van der Waals surface area contributed by atoms with Crippen molar-refractivity contribution in [3.8, 4) is 0 Å². The van der Waals surface area contributed by atoms with Crippen molar-refractivity contribution in [1.29, 1.82) is 0 Å². The lowest BCUT2D eigenvalue weighted by atomic mass is 10.1.